The van der Waals surface area contributed by atoms with E-state index in [1.165, 1.54) is 11.8 Å². The second kappa shape index (κ2) is 10.3. The van der Waals surface area contributed by atoms with Crippen molar-refractivity contribution < 1.29 is 19.4 Å². The number of aliphatic carboxylic acids is 1. The van der Waals surface area contributed by atoms with Crippen molar-refractivity contribution in [3.05, 3.63) is 59.1 Å². The number of carboxylic acid groups (broad SMARTS) is 1. The van der Waals surface area contributed by atoms with E-state index >= 15 is 0 Å². The van der Waals surface area contributed by atoms with E-state index in [2.05, 4.69) is 0 Å². The minimum Gasteiger partial charge on any atom is -0.491 e. The van der Waals surface area contributed by atoms with Gasteiger partial charge in [0.15, 0.2) is 0 Å². The molecule has 0 aliphatic carbocycles. The molecule has 2 rings (SSSR count). The van der Waals surface area contributed by atoms with E-state index in [-0.39, 0.29) is 0 Å². The number of thioether (sulfide) groups is 1. The molecule has 0 saturated carbocycles. The normalized spacial score (nSPS) is 11.9. The highest BCUT2D eigenvalue weighted by molar-refractivity contribution is 8.00. The number of carbonyl (C=O) groups is 1. The Kier molecular flexibility index (Phi) is 8.12. The average Bonchev–Trinajstić information content (AvgIpc) is 2.60. The topological polar surface area (TPSA) is 55.8 Å². The molecule has 0 bridgehead atoms. The molecule has 1 unspecified atom stereocenters. The first-order valence-corrected chi connectivity index (χ1v) is 9.22. The first-order valence-electron chi connectivity index (χ1n) is 7.97. The molecule has 0 aliphatic rings. The molecule has 1 atom stereocenters. The average molecular weight is 381 g/mol. The van der Waals surface area contributed by atoms with Crippen molar-refractivity contribution in [1.29, 1.82) is 0 Å². The maximum Gasteiger partial charge on any atom is 0.317 e. The molecule has 0 radical (unpaired) electrons. The van der Waals surface area contributed by atoms with Crippen LogP contribution in [0.2, 0.25) is 5.02 Å². The molecule has 1 N–H and O–H groups in total. The molecule has 0 saturated heterocycles. The van der Waals surface area contributed by atoms with Gasteiger partial charge in [-0.1, -0.05) is 29.3 Å². The number of benzene rings is 2. The van der Waals surface area contributed by atoms with Crippen LogP contribution in [0.1, 0.15) is 12.0 Å². The standard InChI is InChI=1S/C19H21ClO4S/c1-14-2-8-17(9-3-14)25-18(19(21)22)10-11-23-12-13-24-16-6-4-15(20)5-7-16/h2-9,18H,10-13H2,1H3,(H,21,22). The smallest absolute Gasteiger partial charge is 0.317 e. The van der Waals surface area contributed by atoms with Gasteiger partial charge >= 0.3 is 5.97 Å². The summed E-state index contributed by atoms with van der Waals surface area (Å²) in [5.41, 5.74) is 1.15. The fourth-order valence-corrected chi connectivity index (χ4v) is 3.12. The van der Waals surface area contributed by atoms with Crippen LogP contribution in [0.3, 0.4) is 0 Å². The third kappa shape index (κ3) is 7.38. The first kappa shape index (κ1) is 19.6. The van der Waals surface area contributed by atoms with Crippen molar-refractivity contribution in [2.45, 2.75) is 23.5 Å². The van der Waals surface area contributed by atoms with Crippen LogP contribution in [0.5, 0.6) is 5.75 Å². The Bertz CT molecular complexity index is 658. The number of hydrogen-bond acceptors (Lipinski definition) is 4. The summed E-state index contributed by atoms with van der Waals surface area (Å²) in [6.07, 6.45) is 0.439. The van der Waals surface area contributed by atoms with Gasteiger partial charge in [0.1, 0.15) is 17.6 Å². The van der Waals surface area contributed by atoms with Gasteiger partial charge in [-0.25, -0.2) is 0 Å². The van der Waals surface area contributed by atoms with E-state index in [4.69, 9.17) is 21.1 Å². The van der Waals surface area contributed by atoms with Crippen LogP contribution in [0.25, 0.3) is 0 Å². The van der Waals surface area contributed by atoms with E-state index < -0.39 is 11.2 Å². The largest absolute Gasteiger partial charge is 0.491 e. The minimum atomic E-state index is -0.827. The van der Waals surface area contributed by atoms with Gasteiger partial charge in [0, 0.05) is 16.5 Å². The zero-order valence-electron chi connectivity index (χ0n) is 14.0. The molecule has 134 valence electrons. The number of ether oxygens (including phenoxy) is 2. The second-order valence-electron chi connectivity index (χ2n) is 5.46. The summed E-state index contributed by atoms with van der Waals surface area (Å²) in [6.45, 7) is 3.19. The molecule has 6 heteroatoms. The van der Waals surface area contributed by atoms with E-state index in [0.29, 0.717) is 31.3 Å². The Morgan fingerprint density at radius 3 is 2.40 bits per heavy atom. The summed E-state index contributed by atoms with van der Waals surface area (Å²) < 4.78 is 11.0. The fraction of sp³-hybridized carbons (Fsp3) is 0.316. The lowest BCUT2D eigenvalue weighted by Crippen LogP contribution is -2.19. The van der Waals surface area contributed by atoms with Crippen LogP contribution in [0.15, 0.2) is 53.4 Å². The van der Waals surface area contributed by atoms with Crippen LogP contribution in [0.4, 0.5) is 0 Å². The van der Waals surface area contributed by atoms with Crippen molar-refractivity contribution in [3.8, 4) is 5.75 Å². The van der Waals surface area contributed by atoms with Gasteiger partial charge in [0.05, 0.1) is 6.61 Å². The molecule has 0 aromatic heterocycles. The Labute approximate surface area is 157 Å². The Morgan fingerprint density at radius 2 is 1.76 bits per heavy atom. The van der Waals surface area contributed by atoms with Crippen LogP contribution in [-0.2, 0) is 9.53 Å². The third-order valence-corrected chi connectivity index (χ3v) is 4.93. The van der Waals surface area contributed by atoms with Crippen molar-refractivity contribution in [2.75, 3.05) is 19.8 Å². The van der Waals surface area contributed by atoms with E-state index in [1.54, 1.807) is 24.3 Å². The highest BCUT2D eigenvalue weighted by Crippen LogP contribution is 2.26. The first-order chi connectivity index (χ1) is 12.0. The summed E-state index contributed by atoms with van der Waals surface area (Å²) in [7, 11) is 0. The number of aryl methyl sites for hydroxylation is 1. The summed E-state index contributed by atoms with van der Waals surface area (Å²) in [6, 6.07) is 14.9. The predicted octanol–water partition coefficient (Wildman–Crippen LogP) is 4.68. The van der Waals surface area contributed by atoms with E-state index in [9.17, 15) is 9.90 Å². The molecule has 0 amide bonds. The Morgan fingerprint density at radius 1 is 1.08 bits per heavy atom. The minimum absolute atomic E-state index is 0.375. The predicted molar refractivity (Wildman–Crippen MR) is 101 cm³/mol. The monoisotopic (exact) mass is 380 g/mol. The maximum atomic E-state index is 11.4. The SMILES string of the molecule is Cc1ccc(SC(CCOCCOc2ccc(Cl)cc2)C(=O)O)cc1. The van der Waals surface area contributed by atoms with Gasteiger partial charge in [0.2, 0.25) is 0 Å². The lowest BCUT2D eigenvalue weighted by Gasteiger charge is -2.13. The number of halogens is 1. The van der Waals surface area contributed by atoms with E-state index in [1.807, 2.05) is 31.2 Å². The molecule has 2 aromatic rings. The van der Waals surface area contributed by atoms with Gasteiger partial charge < -0.3 is 14.6 Å². The molecular formula is C19H21ClO4S. The van der Waals surface area contributed by atoms with Crippen molar-refractivity contribution >= 4 is 29.3 Å². The van der Waals surface area contributed by atoms with Gasteiger partial charge in [-0.15, -0.1) is 11.8 Å². The van der Waals surface area contributed by atoms with Gasteiger partial charge in [0.25, 0.3) is 0 Å². The molecule has 0 heterocycles. The fourth-order valence-electron chi connectivity index (χ4n) is 2.06. The summed E-state index contributed by atoms with van der Waals surface area (Å²) >= 11 is 7.15. The zero-order valence-corrected chi connectivity index (χ0v) is 15.6. The van der Waals surface area contributed by atoms with Gasteiger partial charge in [-0.05, 0) is 49.7 Å². The quantitative estimate of drug-likeness (QED) is 0.479. The van der Waals surface area contributed by atoms with Crippen molar-refractivity contribution in [2.24, 2.45) is 0 Å². The van der Waals surface area contributed by atoms with E-state index in [0.717, 1.165) is 16.2 Å². The number of hydrogen-bond donors (Lipinski definition) is 1. The number of carboxylic acids is 1. The second-order valence-corrected chi connectivity index (χ2v) is 7.17. The van der Waals surface area contributed by atoms with Crippen LogP contribution < -0.4 is 4.74 Å². The number of rotatable bonds is 10. The molecular weight excluding hydrogens is 360 g/mol. The lowest BCUT2D eigenvalue weighted by atomic mass is 10.2. The zero-order chi connectivity index (χ0) is 18.1. The van der Waals surface area contributed by atoms with Gasteiger partial charge in [-0.2, -0.15) is 0 Å². The molecule has 0 aliphatic heterocycles. The van der Waals surface area contributed by atoms with Crippen molar-refractivity contribution in [3.63, 3.8) is 0 Å². The molecule has 0 spiro atoms. The maximum absolute atomic E-state index is 11.4. The van der Waals surface area contributed by atoms with Gasteiger partial charge in [-0.3, -0.25) is 4.79 Å². The van der Waals surface area contributed by atoms with Crippen LogP contribution in [0, 0.1) is 6.92 Å². The molecule has 25 heavy (non-hydrogen) atoms. The lowest BCUT2D eigenvalue weighted by molar-refractivity contribution is -0.136. The highest BCUT2D eigenvalue weighted by atomic mass is 35.5. The molecule has 4 nitrogen and oxygen atoms in total. The van der Waals surface area contributed by atoms with Crippen LogP contribution >= 0.6 is 23.4 Å². The van der Waals surface area contributed by atoms with Crippen LogP contribution in [-0.4, -0.2) is 36.1 Å². The van der Waals surface area contributed by atoms with Crippen molar-refractivity contribution in [1.82, 2.24) is 0 Å². The Balaban J connectivity index is 1.66. The third-order valence-electron chi connectivity index (χ3n) is 3.41. The Hall–Kier alpha value is -1.69. The molecule has 2 aromatic carbocycles. The summed E-state index contributed by atoms with van der Waals surface area (Å²) in [5, 5.41) is 9.48. The molecule has 0 fully saturated rings. The summed E-state index contributed by atoms with van der Waals surface area (Å²) in [5.74, 6) is -0.0991. The highest BCUT2D eigenvalue weighted by Gasteiger charge is 2.18. The summed E-state index contributed by atoms with van der Waals surface area (Å²) in [4.78, 5) is 12.3.